The Morgan fingerprint density at radius 2 is 1.41 bits per heavy atom. The first-order chi connectivity index (χ1) is 12.4. The van der Waals surface area contributed by atoms with Crippen LogP contribution in [0.1, 0.15) is 39.0 Å². The zero-order valence-electron chi connectivity index (χ0n) is 15.2. The third-order valence-corrected chi connectivity index (χ3v) is 2.85. The van der Waals surface area contributed by atoms with E-state index in [0.717, 1.165) is 11.6 Å². The second-order valence-electron chi connectivity index (χ2n) is 5.19. The maximum Gasteiger partial charge on any atom is 1.00 e. The van der Waals surface area contributed by atoms with Crippen LogP contribution in [0.2, 0.25) is 0 Å². The summed E-state index contributed by atoms with van der Waals surface area (Å²) in [5, 5.41) is 3.08. The molecule has 2 aromatic heterocycles. The molecule has 27 heavy (non-hydrogen) atoms. The molecule has 0 fully saturated rings. The smallest absolute Gasteiger partial charge is 0.418 e. The molecule has 0 unspecified atom stereocenters. The van der Waals surface area contributed by atoms with Crippen LogP contribution in [0, 0.1) is 0 Å². The van der Waals surface area contributed by atoms with Crippen LogP contribution in [0.4, 0.5) is 28.9 Å². The third-order valence-electron chi connectivity index (χ3n) is 2.85. The van der Waals surface area contributed by atoms with Gasteiger partial charge in [-0.3, -0.25) is 0 Å². The maximum atomic E-state index is 9.75. The standard InChI is InChI=1S/C10H9N3.C8H16.BF4.Cu/c1-3-7-11-9(5-1)13-10-6-2-4-8-12-10;1-3-5-7-8-6-4-2;2-1(3,4)5;/h1-8H,(H,11,12,13);3H,1,4-8H2,2H3;;/q;;-1;+1. The van der Waals surface area contributed by atoms with Crippen LogP contribution in [-0.2, 0) is 17.1 Å². The number of hydrogen-bond donors (Lipinski definition) is 1. The van der Waals surface area contributed by atoms with Crippen LogP contribution in [0.25, 0.3) is 0 Å². The zero-order valence-corrected chi connectivity index (χ0v) is 16.2. The summed E-state index contributed by atoms with van der Waals surface area (Å²) in [6.07, 6.45) is 12.1. The molecule has 0 bridgehead atoms. The molecule has 0 aliphatic heterocycles. The van der Waals surface area contributed by atoms with Crippen molar-refractivity contribution in [2.75, 3.05) is 5.32 Å². The summed E-state index contributed by atoms with van der Waals surface area (Å²) >= 11 is 0. The van der Waals surface area contributed by atoms with Gasteiger partial charge in [0.2, 0.25) is 0 Å². The second kappa shape index (κ2) is 17.6. The minimum Gasteiger partial charge on any atom is -0.418 e. The molecule has 0 amide bonds. The molecule has 0 saturated carbocycles. The second-order valence-corrected chi connectivity index (χ2v) is 5.19. The summed E-state index contributed by atoms with van der Waals surface area (Å²) in [6, 6.07) is 11.4. The van der Waals surface area contributed by atoms with Crippen LogP contribution in [-0.4, -0.2) is 17.2 Å². The first-order valence-electron chi connectivity index (χ1n) is 8.44. The van der Waals surface area contributed by atoms with Crippen LogP contribution in [0.5, 0.6) is 0 Å². The molecule has 154 valence electrons. The molecule has 0 aliphatic rings. The van der Waals surface area contributed by atoms with Gasteiger partial charge in [0.25, 0.3) is 0 Å². The Morgan fingerprint density at radius 3 is 1.74 bits per heavy atom. The van der Waals surface area contributed by atoms with E-state index in [0.29, 0.717) is 0 Å². The monoisotopic (exact) mass is 433 g/mol. The van der Waals surface area contributed by atoms with E-state index >= 15 is 0 Å². The third kappa shape index (κ3) is 22.1. The Hall–Kier alpha value is -1.86. The number of unbranched alkanes of at least 4 members (excludes halogenated alkanes) is 4. The first kappa shape index (κ1) is 27.4. The van der Waals surface area contributed by atoms with E-state index in [2.05, 4.69) is 28.8 Å². The molecule has 3 nitrogen and oxygen atoms in total. The van der Waals surface area contributed by atoms with Gasteiger partial charge in [-0.2, -0.15) is 0 Å². The van der Waals surface area contributed by atoms with Crippen molar-refractivity contribution >= 4 is 18.9 Å². The Bertz CT molecular complexity index is 528. The molecule has 1 N–H and O–H groups in total. The van der Waals surface area contributed by atoms with E-state index < -0.39 is 7.25 Å². The van der Waals surface area contributed by atoms with Gasteiger partial charge in [0.1, 0.15) is 11.6 Å². The normalized spacial score (nSPS) is 9.52. The molecule has 2 rings (SSSR count). The van der Waals surface area contributed by atoms with Gasteiger partial charge in [-0.15, -0.1) is 6.58 Å². The first-order valence-corrected chi connectivity index (χ1v) is 8.44. The Kier molecular flexibility index (Phi) is 17.8. The largest absolute Gasteiger partial charge is 1.00 e. The fourth-order valence-electron chi connectivity index (χ4n) is 1.72. The van der Waals surface area contributed by atoms with Crippen LogP contribution >= 0.6 is 0 Å². The number of nitrogens with zero attached hydrogens (tertiary/aromatic N) is 2. The predicted octanol–water partition coefficient (Wildman–Crippen LogP) is 6.66. The number of rotatable bonds is 7. The van der Waals surface area contributed by atoms with Crippen LogP contribution in [0.15, 0.2) is 61.4 Å². The van der Waals surface area contributed by atoms with E-state index in [1.54, 1.807) is 12.4 Å². The summed E-state index contributed by atoms with van der Waals surface area (Å²) in [4.78, 5) is 8.25. The molecule has 0 atom stereocenters. The van der Waals surface area contributed by atoms with E-state index in [1.807, 2.05) is 42.5 Å². The number of nitrogens with one attached hydrogen (secondary N) is 1. The van der Waals surface area contributed by atoms with E-state index in [4.69, 9.17) is 0 Å². The Balaban J connectivity index is 0. The molecular weight excluding hydrogens is 409 g/mol. The van der Waals surface area contributed by atoms with Gasteiger partial charge < -0.3 is 22.6 Å². The SMILES string of the molecule is C=CCCCCCC.F[B-](F)(F)F.[Cu+].c1ccc(Nc2ccccn2)nc1. The number of halogens is 4. The predicted molar refractivity (Wildman–Crippen MR) is 101 cm³/mol. The number of allylic oxidation sites excluding steroid dienone is 1. The van der Waals surface area contributed by atoms with E-state index in [-0.39, 0.29) is 17.1 Å². The molecule has 9 heteroatoms. The van der Waals surface area contributed by atoms with Crippen molar-refractivity contribution < 1.29 is 34.3 Å². The van der Waals surface area contributed by atoms with Crippen molar-refractivity contribution in [3.05, 3.63) is 61.4 Å². The number of aromatic nitrogens is 2. The fraction of sp³-hybridized carbons (Fsp3) is 0.333. The summed E-state index contributed by atoms with van der Waals surface area (Å²) in [7, 11) is -6.00. The summed E-state index contributed by atoms with van der Waals surface area (Å²) in [5.41, 5.74) is 0. The zero-order chi connectivity index (χ0) is 19.7. The van der Waals surface area contributed by atoms with Crippen molar-refractivity contribution in [2.45, 2.75) is 39.0 Å². The molecule has 2 aromatic rings. The van der Waals surface area contributed by atoms with Gasteiger partial charge in [0, 0.05) is 12.4 Å². The molecule has 0 aliphatic carbocycles. The average Bonchev–Trinajstić information content (AvgIpc) is 2.60. The van der Waals surface area contributed by atoms with Gasteiger partial charge in [-0.05, 0) is 37.1 Å². The minimum atomic E-state index is -6.00. The Morgan fingerprint density at radius 1 is 0.926 bits per heavy atom. The molecule has 0 spiro atoms. The van der Waals surface area contributed by atoms with Gasteiger partial charge in [0.05, 0.1) is 0 Å². The van der Waals surface area contributed by atoms with E-state index in [9.17, 15) is 17.3 Å². The summed E-state index contributed by atoms with van der Waals surface area (Å²) in [5.74, 6) is 1.61. The van der Waals surface area contributed by atoms with Crippen molar-refractivity contribution in [1.29, 1.82) is 0 Å². The molecular formula is C18H25BCuF4N3. The van der Waals surface area contributed by atoms with Gasteiger partial charge in [-0.25, -0.2) is 9.97 Å². The molecule has 2 heterocycles. The quantitative estimate of drug-likeness (QED) is 0.229. The summed E-state index contributed by atoms with van der Waals surface area (Å²) in [6.45, 7) is 5.89. The molecule has 0 radical (unpaired) electrons. The Labute approximate surface area is 169 Å². The van der Waals surface area contributed by atoms with E-state index in [1.165, 1.54) is 32.1 Å². The van der Waals surface area contributed by atoms with Gasteiger partial charge >= 0.3 is 24.3 Å². The maximum absolute atomic E-state index is 9.75. The fourth-order valence-corrected chi connectivity index (χ4v) is 1.72. The van der Waals surface area contributed by atoms with Gasteiger partial charge in [-0.1, -0.05) is 44.4 Å². The number of pyridine rings is 2. The van der Waals surface area contributed by atoms with Crippen molar-refractivity contribution in [3.8, 4) is 0 Å². The topological polar surface area (TPSA) is 37.8 Å². The number of hydrogen-bond acceptors (Lipinski definition) is 3. The van der Waals surface area contributed by atoms with Gasteiger partial charge in [0.15, 0.2) is 0 Å². The summed E-state index contributed by atoms with van der Waals surface area (Å²) < 4.78 is 39.0. The van der Waals surface area contributed by atoms with Crippen molar-refractivity contribution in [2.24, 2.45) is 0 Å². The van der Waals surface area contributed by atoms with Crippen LogP contribution < -0.4 is 5.32 Å². The number of anilines is 2. The minimum absolute atomic E-state index is 0. The molecule has 0 aromatic carbocycles. The van der Waals surface area contributed by atoms with Crippen molar-refractivity contribution in [1.82, 2.24) is 9.97 Å². The van der Waals surface area contributed by atoms with Crippen molar-refractivity contribution in [3.63, 3.8) is 0 Å². The average molecular weight is 434 g/mol. The van der Waals surface area contributed by atoms with Crippen LogP contribution in [0.3, 0.4) is 0 Å². The molecule has 0 saturated heterocycles.